The number of aromatic nitrogens is 1. The predicted octanol–water partition coefficient (Wildman–Crippen LogP) is 3.33. The van der Waals surface area contributed by atoms with Crippen molar-refractivity contribution < 1.29 is 22.7 Å². The molecule has 32 heavy (non-hydrogen) atoms. The number of carbonyl (C=O) groups excluding carboxylic acids is 1. The zero-order valence-corrected chi connectivity index (χ0v) is 20.6. The molecule has 0 N–H and O–H groups in total. The highest BCUT2D eigenvalue weighted by molar-refractivity contribution is 7.91. The molecular weight excluding hydrogens is 470 g/mol. The van der Waals surface area contributed by atoms with Crippen LogP contribution in [0.5, 0.6) is 11.5 Å². The summed E-state index contributed by atoms with van der Waals surface area (Å²) < 4.78 is 41.2. The number of thiazole rings is 1. The lowest BCUT2D eigenvalue weighted by Gasteiger charge is -2.29. The van der Waals surface area contributed by atoms with Crippen LogP contribution in [0.25, 0.3) is 10.2 Å². The molecule has 172 valence electrons. The van der Waals surface area contributed by atoms with Crippen molar-refractivity contribution in [3.63, 3.8) is 0 Å². The van der Waals surface area contributed by atoms with E-state index in [1.54, 1.807) is 31.7 Å². The van der Waals surface area contributed by atoms with Gasteiger partial charge < -0.3 is 14.0 Å². The number of fused-ring (bicyclic) bond motifs is 1. The largest absolute Gasteiger partial charge is 0.493 e. The van der Waals surface area contributed by atoms with Gasteiger partial charge in [-0.15, -0.1) is 11.3 Å². The quantitative estimate of drug-likeness (QED) is 0.523. The SMILES string of the molecule is CCn1c(=NC(=O)C2CCCN(S(=O)(=O)c3cccs3)C2)sc2cc(OC)c(OC)cc21. The monoisotopic (exact) mass is 495 g/mol. The second-order valence-electron chi connectivity index (χ2n) is 7.39. The first-order valence-electron chi connectivity index (χ1n) is 10.3. The molecule has 1 aliphatic heterocycles. The van der Waals surface area contributed by atoms with Crippen LogP contribution in [0.3, 0.4) is 0 Å². The first kappa shape index (κ1) is 23.0. The van der Waals surface area contributed by atoms with E-state index in [2.05, 4.69) is 4.99 Å². The summed E-state index contributed by atoms with van der Waals surface area (Å²) in [5.74, 6) is 0.477. The van der Waals surface area contributed by atoms with Crippen LogP contribution in [0, 0.1) is 5.92 Å². The van der Waals surface area contributed by atoms with Gasteiger partial charge in [-0.1, -0.05) is 17.4 Å². The van der Waals surface area contributed by atoms with Crippen molar-refractivity contribution in [1.82, 2.24) is 8.87 Å². The minimum absolute atomic E-state index is 0.154. The number of nitrogens with zero attached hydrogens (tertiary/aromatic N) is 3. The summed E-state index contributed by atoms with van der Waals surface area (Å²) in [6.07, 6.45) is 1.25. The first-order valence-corrected chi connectivity index (χ1v) is 13.4. The Morgan fingerprint density at radius 1 is 1.25 bits per heavy atom. The number of rotatable bonds is 6. The highest BCUT2D eigenvalue weighted by Gasteiger charge is 2.33. The summed E-state index contributed by atoms with van der Waals surface area (Å²) in [6.45, 7) is 3.19. The Kier molecular flexibility index (Phi) is 6.70. The molecular formula is C21H25N3O5S3. The van der Waals surface area contributed by atoms with Gasteiger partial charge in [0.2, 0.25) is 0 Å². The molecule has 1 unspecified atom stereocenters. The van der Waals surface area contributed by atoms with Crippen LogP contribution in [0.4, 0.5) is 0 Å². The number of piperidine rings is 1. The zero-order valence-electron chi connectivity index (χ0n) is 18.1. The van der Waals surface area contributed by atoms with Crippen LogP contribution in [-0.2, 0) is 21.4 Å². The summed E-state index contributed by atoms with van der Waals surface area (Å²) in [7, 11) is -0.413. The van der Waals surface area contributed by atoms with Crippen LogP contribution in [-0.4, -0.2) is 50.5 Å². The third-order valence-corrected chi connectivity index (χ3v) is 9.81. The van der Waals surface area contributed by atoms with Crippen molar-refractivity contribution in [3.8, 4) is 11.5 Å². The van der Waals surface area contributed by atoms with Gasteiger partial charge in [-0.05, 0) is 31.2 Å². The summed E-state index contributed by atoms with van der Waals surface area (Å²) in [6, 6.07) is 7.08. The van der Waals surface area contributed by atoms with Crippen LogP contribution >= 0.6 is 22.7 Å². The first-order chi connectivity index (χ1) is 15.4. The van der Waals surface area contributed by atoms with Gasteiger partial charge in [0.1, 0.15) is 4.21 Å². The number of carbonyl (C=O) groups is 1. The summed E-state index contributed by atoms with van der Waals surface area (Å²) in [4.78, 5) is 18.1. The molecule has 0 spiro atoms. The fourth-order valence-corrected chi connectivity index (χ4v) is 7.65. The standard InChI is InChI=1S/C21H25N3O5S3/c1-4-24-15-11-16(28-2)17(29-3)12-18(15)31-21(24)22-20(25)14-7-5-9-23(13-14)32(26,27)19-8-6-10-30-19/h6,8,10-12,14H,4-5,7,9,13H2,1-3H3. The van der Waals surface area contributed by atoms with Gasteiger partial charge in [-0.3, -0.25) is 4.79 Å². The van der Waals surface area contributed by atoms with Gasteiger partial charge >= 0.3 is 0 Å². The van der Waals surface area contributed by atoms with E-state index in [0.29, 0.717) is 46.4 Å². The van der Waals surface area contributed by atoms with Gasteiger partial charge in [0, 0.05) is 31.8 Å². The summed E-state index contributed by atoms with van der Waals surface area (Å²) in [5.41, 5.74) is 0.909. The van der Waals surface area contributed by atoms with Gasteiger partial charge in [0.15, 0.2) is 16.3 Å². The van der Waals surface area contributed by atoms with E-state index in [9.17, 15) is 13.2 Å². The van der Waals surface area contributed by atoms with E-state index < -0.39 is 15.9 Å². The average Bonchev–Trinajstić information content (AvgIpc) is 3.46. The maximum Gasteiger partial charge on any atom is 0.252 e. The van der Waals surface area contributed by atoms with Gasteiger partial charge in [-0.25, -0.2) is 8.42 Å². The van der Waals surface area contributed by atoms with E-state index >= 15 is 0 Å². The Balaban J connectivity index is 1.65. The molecule has 1 aromatic carbocycles. The molecule has 1 atom stereocenters. The van der Waals surface area contributed by atoms with E-state index in [1.165, 1.54) is 27.0 Å². The Morgan fingerprint density at radius 3 is 2.66 bits per heavy atom. The Bertz CT molecular complexity index is 1290. The molecule has 2 aromatic heterocycles. The maximum atomic E-state index is 13.1. The van der Waals surface area contributed by atoms with E-state index in [-0.39, 0.29) is 12.5 Å². The van der Waals surface area contributed by atoms with Crippen LogP contribution in [0.2, 0.25) is 0 Å². The molecule has 1 fully saturated rings. The Morgan fingerprint density at radius 2 is 2.00 bits per heavy atom. The van der Waals surface area contributed by atoms with Crippen molar-refractivity contribution in [1.29, 1.82) is 0 Å². The minimum atomic E-state index is -3.58. The third kappa shape index (κ3) is 4.21. The second-order valence-corrected chi connectivity index (χ2v) is 11.5. The molecule has 0 aliphatic carbocycles. The maximum absolute atomic E-state index is 13.1. The van der Waals surface area contributed by atoms with Crippen molar-refractivity contribution in [2.24, 2.45) is 10.9 Å². The molecule has 0 bridgehead atoms. The number of amides is 1. The minimum Gasteiger partial charge on any atom is -0.493 e. The number of ether oxygens (including phenoxy) is 2. The van der Waals surface area contributed by atoms with Gasteiger partial charge in [0.25, 0.3) is 15.9 Å². The topological polar surface area (TPSA) is 90.2 Å². The molecule has 8 nitrogen and oxygen atoms in total. The number of hydrogen-bond donors (Lipinski definition) is 0. The Labute approximate surface area is 194 Å². The molecule has 1 saturated heterocycles. The molecule has 4 rings (SSSR count). The predicted molar refractivity (Wildman–Crippen MR) is 125 cm³/mol. The molecule has 11 heteroatoms. The molecule has 3 heterocycles. The van der Waals surface area contributed by atoms with Crippen LogP contribution in [0.1, 0.15) is 19.8 Å². The third-order valence-electron chi connectivity index (χ3n) is 5.53. The zero-order chi connectivity index (χ0) is 22.9. The fraction of sp³-hybridized carbons (Fsp3) is 0.429. The number of sulfonamides is 1. The van der Waals surface area contributed by atoms with Crippen molar-refractivity contribution in [2.75, 3.05) is 27.3 Å². The average molecular weight is 496 g/mol. The van der Waals surface area contributed by atoms with E-state index in [0.717, 1.165) is 10.2 Å². The summed E-state index contributed by atoms with van der Waals surface area (Å²) >= 11 is 2.59. The van der Waals surface area contributed by atoms with Crippen molar-refractivity contribution in [3.05, 3.63) is 34.4 Å². The second kappa shape index (κ2) is 9.34. The van der Waals surface area contributed by atoms with E-state index in [1.807, 2.05) is 23.6 Å². The van der Waals surface area contributed by atoms with Crippen molar-refractivity contribution in [2.45, 2.75) is 30.5 Å². The van der Waals surface area contributed by atoms with Crippen molar-refractivity contribution >= 4 is 48.8 Å². The fourth-order valence-electron chi connectivity index (χ4n) is 3.87. The van der Waals surface area contributed by atoms with Gasteiger partial charge in [0.05, 0.1) is 30.4 Å². The normalized spacial score (nSPS) is 18.2. The number of methoxy groups -OCH3 is 2. The number of aryl methyl sites for hydroxylation is 1. The molecule has 0 saturated carbocycles. The highest BCUT2D eigenvalue weighted by Crippen LogP contribution is 2.33. The van der Waals surface area contributed by atoms with Gasteiger partial charge in [-0.2, -0.15) is 9.30 Å². The molecule has 1 amide bonds. The number of benzene rings is 1. The number of hydrogen-bond acceptors (Lipinski definition) is 7. The highest BCUT2D eigenvalue weighted by atomic mass is 32.2. The van der Waals surface area contributed by atoms with Crippen LogP contribution in [0.15, 0.2) is 38.8 Å². The van der Waals surface area contributed by atoms with E-state index in [4.69, 9.17) is 9.47 Å². The lowest BCUT2D eigenvalue weighted by Crippen LogP contribution is -2.42. The lowest BCUT2D eigenvalue weighted by molar-refractivity contribution is -0.122. The molecule has 3 aromatic rings. The molecule has 1 aliphatic rings. The van der Waals surface area contributed by atoms with Crippen LogP contribution < -0.4 is 14.3 Å². The lowest BCUT2D eigenvalue weighted by atomic mass is 9.99. The summed E-state index contributed by atoms with van der Waals surface area (Å²) in [5, 5.41) is 1.74. The number of thiophene rings is 1. The Hall–Kier alpha value is -2.21. The smallest absolute Gasteiger partial charge is 0.252 e. The molecule has 0 radical (unpaired) electrons.